The molecule has 0 bridgehead atoms. The first-order chi connectivity index (χ1) is 8.50. The van der Waals surface area contributed by atoms with Gasteiger partial charge in [-0.2, -0.15) is 0 Å². The molecule has 0 aliphatic carbocycles. The van der Waals surface area contributed by atoms with Crippen LogP contribution in [0.3, 0.4) is 0 Å². The van der Waals surface area contributed by atoms with E-state index < -0.39 is 0 Å². The molecule has 0 radical (unpaired) electrons. The Morgan fingerprint density at radius 2 is 2.17 bits per heavy atom. The van der Waals surface area contributed by atoms with Gasteiger partial charge in [0.2, 0.25) is 5.91 Å². The number of thiocarbonyl (C=S) groups is 1. The summed E-state index contributed by atoms with van der Waals surface area (Å²) in [6.07, 6.45) is 1.68. The summed E-state index contributed by atoms with van der Waals surface area (Å²) < 4.78 is 0. The topological polar surface area (TPSA) is 72.4 Å². The Morgan fingerprint density at radius 3 is 2.78 bits per heavy atom. The van der Waals surface area contributed by atoms with Crippen molar-refractivity contribution in [2.45, 2.75) is 18.9 Å². The molecule has 6 heteroatoms. The molecule has 2 rings (SSSR count). The van der Waals surface area contributed by atoms with Crippen LogP contribution in [0.1, 0.15) is 18.4 Å². The summed E-state index contributed by atoms with van der Waals surface area (Å²) in [5, 5.41) is 0.566. The summed E-state index contributed by atoms with van der Waals surface area (Å²) in [6, 6.07) is 5.02. The van der Waals surface area contributed by atoms with Crippen LogP contribution in [0.4, 0.5) is 5.69 Å². The standard InChI is InChI=1S/C12H14ClN3OS/c13-7-3-4-9(8(6-7)12(15)18)16-5-1-2-10(16)11(14)17/h3-4,6,10H,1-2,5H2,(H2,14,17)(H2,15,18). The van der Waals surface area contributed by atoms with Gasteiger partial charge in [0.15, 0.2) is 0 Å². The second-order valence-electron chi connectivity index (χ2n) is 4.28. The number of carbonyl (C=O) groups excluding carboxylic acids is 1. The molecule has 1 fully saturated rings. The van der Waals surface area contributed by atoms with Crippen LogP contribution in [0.2, 0.25) is 5.02 Å². The van der Waals surface area contributed by atoms with E-state index in [-0.39, 0.29) is 16.9 Å². The highest BCUT2D eigenvalue weighted by atomic mass is 35.5. The van der Waals surface area contributed by atoms with Gasteiger partial charge in [0.05, 0.1) is 0 Å². The number of carbonyl (C=O) groups is 1. The largest absolute Gasteiger partial charge is 0.389 e. The van der Waals surface area contributed by atoms with Crippen LogP contribution in [0.25, 0.3) is 0 Å². The average Bonchev–Trinajstić information content (AvgIpc) is 2.77. The lowest BCUT2D eigenvalue weighted by Gasteiger charge is -2.26. The molecular formula is C12H14ClN3OS. The van der Waals surface area contributed by atoms with E-state index in [9.17, 15) is 4.79 Å². The summed E-state index contributed by atoms with van der Waals surface area (Å²) in [5.41, 5.74) is 12.6. The molecule has 1 amide bonds. The van der Waals surface area contributed by atoms with Crippen molar-refractivity contribution in [2.24, 2.45) is 11.5 Å². The minimum absolute atomic E-state index is 0.266. The molecular weight excluding hydrogens is 270 g/mol. The number of benzene rings is 1. The lowest BCUT2D eigenvalue weighted by molar-refractivity contribution is -0.119. The van der Waals surface area contributed by atoms with Crippen molar-refractivity contribution in [2.75, 3.05) is 11.4 Å². The minimum Gasteiger partial charge on any atom is -0.389 e. The van der Waals surface area contributed by atoms with Crippen molar-refractivity contribution in [1.29, 1.82) is 0 Å². The number of rotatable bonds is 3. The molecule has 1 aromatic carbocycles. The predicted octanol–water partition coefficient (Wildman–Crippen LogP) is 1.43. The lowest BCUT2D eigenvalue weighted by atomic mass is 10.1. The third-order valence-electron chi connectivity index (χ3n) is 3.11. The van der Waals surface area contributed by atoms with E-state index >= 15 is 0 Å². The van der Waals surface area contributed by atoms with Crippen molar-refractivity contribution in [3.63, 3.8) is 0 Å². The van der Waals surface area contributed by atoms with Crippen LogP contribution in [-0.4, -0.2) is 23.5 Å². The smallest absolute Gasteiger partial charge is 0.240 e. The van der Waals surface area contributed by atoms with Gasteiger partial charge < -0.3 is 16.4 Å². The van der Waals surface area contributed by atoms with E-state index in [0.29, 0.717) is 10.6 Å². The summed E-state index contributed by atoms with van der Waals surface area (Å²) >= 11 is 11.0. The number of primary amides is 1. The van der Waals surface area contributed by atoms with Crippen LogP contribution < -0.4 is 16.4 Å². The fourth-order valence-corrected chi connectivity index (χ4v) is 2.64. The molecule has 1 aromatic rings. The van der Waals surface area contributed by atoms with Crippen molar-refractivity contribution >= 4 is 40.4 Å². The number of hydrogen-bond acceptors (Lipinski definition) is 3. The van der Waals surface area contributed by atoms with Gasteiger partial charge in [-0.3, -0.25) is 4.79 Å². The first-order valence-electron chi connectivity index (χ1n) is 5.66. The monoisotopic (exact) mass is 283 g/mol. The van der Waals surface area contributed by atoms with Crippen LogP contribution in [0.15, 0.2) is 18.2 Å². The SMILES string of the molecule is NC(=O)C1CCCN1c1ccc(Cl)cc1C(N)=S. The molecule has 1 aliphatic heterocycles. The highest BCUT2D eigenvalue weighted by Crippen LogP contribution is 2.30. The maximum atomic E-state index is 11.4. The Balaban J connectivity index is 2.44. The summed E-state index contributed by atoms with van der Waals surface area (Å²) in [4.78, 5) is 13.6. The van der Waals surface area contributed by atoms with E-state index in [1.54, 1.807) is 12.1 Å². The molecule has 96 valence electrons. The van der Waals surface area contributed by atoms with Gasteiger partial charge in [-0.25, -0.2) is 0 Å². The second-order valence-corrected chi connectivity index (χ2v) is 5.16. The maximum Gasteiger partial charge on any atom is 0.240 e. The first kappa shape index (κ1) is 13.1. The molecule has 4 nitrogen and oxygen atoms in total. The summed E-state index contributed by atoms with van der Waals surface area (Å²) in [6.45, 7) is 0.769. The van der Waals surface area contributed by atoms with Gasteiger partial charge in [-0.15, -0.1) is 0 Å². The molecule has 1 unspecified atom stereocenters. The fourth-order valence-electron chi connectivity index (χ4n) is 2.31. The van der Waals surface area contributed by atoms with Crippen LogP contribution in [-0.2, 0) is 4.79 Å². The summed E-state index contributed by atoms with van der Waals surface area (Å²) in [5.74, 6) is -0.323. The number of hydrogen-bond donors (Lipinski definition) is 2. The molecule has 4 N–H and O–H groups in total. The third kappa shape index (κ3) is 2.42. The second kappa shape index (κ2) is 5.12. The Morgan fingerprint density at radius 1 is 1.44 bits per heavy atom. The van der Waals surface area contributed by atoms with Crippen molar-refractivity contribution in [1.82, 2.24) is 0 Å². The zero-order valence-corrected chi connectivity index (χ0v) is 11.3. The highest BCUT2D eigenvalue weighted by molar-refractivity contribution is 7.80. The molecule has 0 saturated carbocycles. The number of nitrogens with zero attached hydrogens (tertiary/aromatic N) is 1. The maximum absolute atomic E-state index is 11.4. The summed E-state index contributed by atoms with van der Waals surface area (Å²) in [7, 11) is 0. The van der Waals surface area contributed by atoms with E-state index in [1.807, 2.05) is 11.0 Å². The normalized spacial score (nSPS) is 18.9. The molecule has 0 aromatic heterocycles. The number of anilines is 1. The van der Waals surface area contributed by atoms with Gasteiger partial charge in [0, 0.05) is 22.8 Å². The predicted molar refractivity (Wildman–Crippen MR) is 76.9 cm³/mol. The van der Waals surface area contributed by atoms with Crippen LogP contribution >= 0.6 is 23.8 Å². The number of halogens is 1. The third-order valence-corrected chi connectivity index (χ3v) is 3.57. The van der Waals surface area contributed by atoms with Gasteiger partial charge >= 0.3 is 0 Å². The van der Waals surface area contributed by atoms with Crippen LogP contribution in [0, 0.1) is 0 Å². The number of amides is 1. The zero-order valence-electron chi connectivity index (χ0n) is 9.73. The van der Waals surface area contributed by atoms with E-state index in [4.69, 9.17) is 35.3 Å². The van der Waals surface area contributed by atoms with E-state index in [2.05, 4.69) is 0 Å². The Kier molecular flexibility index (Phi) is 3.73. The van der Waals surface area contributed by atoms with E-state index in [0.717, 1.165) is 25.1 Å². The Bertz CT molecular complexity index is 506. The molecule has 1 aliphatic rings. The van der Waals surface area contributed by atoms with Crippen LogP contribution in [0.5, 0.6) is 0 Å². The molecule has 1 saturated heterocycles. The Labute approximate surface area is 116 Å². The fraction of sp³-hybridized carbons (Fsp3) is 0.333. The van der Waals surface area contributed by atoms with Crippen molar-refractivity contribution in [3.8, 4) is 0 Å². The van der Waals surface area contributed by atoms with Gasteiger partial charge in [-0.1, -0.05) is 23.8 Å². The quantitative estimate of drug-likeness (QED) is 0.823. The lowest BCUT2D eigenvalue weighted by Crippen LogP contribution is -2.41. The van der Waals surface area contributed by atoms with Gasteiger partial charge in [-0.05, 0) is 31.0 Å². The zero-order chi connectivity index (χ0) is 13.3. The Hall–Kier alpha value is -1.33. The molecule has 18 heavy (non-hydrogen) atoms. The van der Waals surface area contributed by atoms with Gasteiger partial charge in [0.25, 0.3) is 0 Å². The molecule has 1 heterocycles. The highest BCUT2D eigenvalue weighted by Gasteiger charge is 2.30. The van der Waals surface area contributed by atoms with Crippen molar-refractivity contribution < 1.29 is 4.79 Å². The van der Waals surface area contributed by atoms with Gasteiger partial charge in [0.1, 0.15) is 11.0 Å². The number of nitrogens with two attached hydrogens (primary N) is 2. The minimum atomic E-state index is -0.323. The van der Waals surface area contributed by atoms with Crippen molar-refractivity contribution in [3.05, 3.63) is 28.8 Å². The average molecular weight is 284 g/mol. The first-order valence-corrected chi connectivity index (χ1v) is 6.44. The van der Waals surface area contributed by atoms with E-state index in [1.165, 1.54) is 0 Å². The molecule has 1 atom stereocenters. The molecule has 0 spiro atoms.